The van der Waals surface area contributed by atoms with Gasteiger partial charge in [-0.3, -0.25) is 0 Å². The average molecular weight is 318 g/mol. The molecule has 2 heterocycles. The van der Waals surface area contributed by atoms with Crippen LogP contribution in [0.25, 0.3) is 0 Å². The first-order valence-electron chi connectivity index (χ1n) is 7.84. The van der Waals surface area contributed by atoms with Gasteiger partial charge in [-0.1, -0.05) is 0 Å². The highest BCUT2D eigenvalue weighted by Gasteiger charge is 2.47. The Kier molecular flexibility index (Phi) is 4.57. The topological polar surface area (TPSA) is 59.1 Å². The summed E-state index contributed by atoms with van der Waals surface area (Å²) >= 11 is 0. The first kappa shape index (κ1) is 15.7. The van der Waals surface area contributed by atoms with Gasteiger partial charge < -0.3 is 14.4 Å². The molecule has 3 aliphatic rings. The lowest BCUT2D eigenvalue weighted by Crippen LogP contribution is -2.44. The van der Waals surface area contributed by atoms with Crippen LogP contribution in [0.4, 0.5) is 0 Å². The van der Waals surface area contributed by atoms with Crippen LogP contribution in [0, 0.1) is 5.41 Å². The minimum absolute atomic E-state index is 0.0355. The minimum Gasteiger partial charge on any atom is -0.383 e. The Morgan fingerprint density at radius 2 is 2.10 bits per heavy atom. The van der Waals surface area contributed by atoms with Crippen molar-refractivity contribution in [1.29, 1.82) is 0 Å². The fourth-order valence-electron chi connectivity index (χ4n) is 3.43. The highest BCUT2D eigenvalue weighted by Crippen LogP contribution is 2.37. The van der Waals surface area contributed by atoms with E-state index in [-0.39, 0.29) is 10.7 Å². The Hall–Kier alpha value is -0.210. The molecule has 3 fully saturated rings. The van der Waals surface area contributed by atoms with Crippen molar-refractivity contribution < 1.29 is 17.9 Å². The van der Waals surface area contributed by atoms with E-state index < -0.39 is 10.0 Å². The second-order valence-electron chi connectivity index (χ2n) is 6.65. The Morgan fingerprint density at radius 1 is 1.29 bits per heavy atom. The molecule has 2 aliphatic heterocycles. The van der Waals surface area contributed by atoms with Gasteiger partial charge in [0.1, 0.15) is 0 Å². The van der Waals surface area contributed by atoms with Gasteiger partial charge in [0.25, 0.3) is 0 Å². The number of sulfonamides is 1. The van der Waals surface area contributed by atoms with Gasteiger partial charge in [-0.15, -0.1) is 0 Å². The van der Waals surface area contributed by atoms with Crippen molar-refractivity contribution in [2.45, 2.75) is 24.5 Å². The molecular weight excluding hydrogens is 292 g/mol. The number of methoxy groups -OCH3 is 1. The molecule has 0 unspecified atom stereocenters. The van der Waals surface area contributed by atoms with Crippen molar-refractivity contribution in [3.8, 4) is 0 Å². The molecule has 6 nitrogen and oxygen atoms in total. The van der Waals surface area contributed by atoms with Crippen molar-refractivity contribution in [2.75, 3.05) is 59.7 Å². The summed E-state index contributed by atoms with van der Waals surface area (Å²) in [5, 5.41) is -0.126. The molecule has 0 aromatic heterocycles. The first-order valence-corrected chi connectivity index (χ1v) is 9.34. The Bertz CT molecular complexity index is 466. The van der Waals surface area contributed by atoms with Crippen molar-refractivity contribution in [3.05, 3.63) is 0 Å². The lowest BCUT2D eigenvalue weighted by atomic mass is 9.88. The zero-order chi connectivity index (χ0) is 14.9. The molecule has 0 aromatic rings. The van der Waals surface area contributed by atoms with Crippen LogP contribution in [0.1, 0.15) is 19.3 Å². The van der Waals surface area contributed by atoms with E-state index in [2.05, 4.69) is 4.90 Å². The fourth-order valence-corrected chi connectivity index (χ4v) is 5.37. The zero-order valence-electron chi connectivity index (χ0n) is 12.8. The summed E-state index contributed by atoms with van der Waals surface area (Å²) in [7, 11) is -1.39. The van der Waals surface area contributed by atoms with E-state index in [0.29, 0.717) is 26.3 Å². The van der Waals surface area contributed by atoms with Crippen LogP contribution in [-0.4, -0.2) is 82.5 Å². The summed E-state index contributed by atoms with van der Waals surface area (Å²) in [4.78, 5) is 2.36. The van der Waals surface area contributed by atoms with E-state index in [1.54, 1.807) is 11.4 Å². The van der Waals surface area contributed by atoms with Gasteiger partial charge in [-0.05, 0) is 25.8 Å². The first-order chi connectivity index (χ1) is 10.1. The maximum Gasteiger partial charge on any atom is 0.217 e. The highest BCUT2D eigenvalue weighted by atomic mass is 32.2. The normalized spacial score (nSPS) is 32.6. The summed E-state index contributed by atoms with van der Waals surface area (Å²) in [6.45, 7) is 5.87. The van der Waals surface area contributed by atoms with Gasteiger partial charge in [0, 0.05) is 38.7 Å². The van der Waals surface area contributed by atoms with E-state index in [0.717, 1.165) is 45.5 Å². The smallest absolute Gasteiger partial charge is 0.217 e. The van der Waals surface area contributed by atoms with Crippen LogP contribution >= 0.6 is 0 Å². The lowest BCUT2D eigenvalue weighted by molar-refractivity contribution is 0.0697. The molecule has 0 bridgehead atoms. The monoisotopic (exact) mass is 318 g/mol. The third-order valence-electron chi connectivity index (χ3n) is 4.84. The maximum atomic E-state index is 12.5. The summed E-state index contributed by atoms with van der Waals surface area (Å²) in [5.41, 5.74) is -0.0355. The van der Waals surface area contributed by atoms with Gasteiger partial charge in [0.2, 0.25) is 10.0 Å². The number of rotatable bonds is 5. The zero-order valence-corrected chi connectivity index (χ0v) is 13.6. The second kappa shape index (κ2) is 6.12. The molecule has 0 N–H and O–H groups in total. The van der Waals surface area contributed by atoms with Gasteiger partial charge in [0.05, 0.1) is 25.1 Å². The number of hydrogen-bond acceptors (Lipinski definition) is 5. The van der Waals surface area contributed by atoms with E-state index in [4.69, 9.17) is 9.47 Å². The molecule has 1 saturated carbocycles. The van der Waals surface area contributed by atoms with Crippen LogP contribution in [0.2, 0.25) is 0 Å². The van der Waals surface area contributed by atoms with E-state index in [1.165, 1.54) is 0 Å². The Morgan fingerprint density at radius 3 is 2.81 bits per heavy atom. The highest BCUT2D eigenvalue weighted by molar-refractivity contribution is 7.90. The standard InChI is InChI=1S/C14H26N2O4S/c1-19-8-6-15-5-4-14(10-15)11-16(7-9-20-12-14)21(17,18)13-2-3-13/h13H,2-12H2,1H3/t14-/m0/s1. The molecule has 0 radical (unpaired) electrons. The molecule has 7 heteroatoms. The molecule has 1 atom stereocenters. The lowest BCUT2D eigenvalue weighted by Gasteiger charge is -2.31. The van der Waals surface area contributed by atoms with Crippen LogP contribution < -0.4 is 0 Å². The van der Waals surface area contributed by atoms with E-state index in [1.807, 2.05) is 0 Å². The molecular formula is C14H26N2O4S. The van der Waals surface area contributed by atoms with Crippen LogP contribution in [-0.2, 0) is 19.5 Å². The van der Waals surface area contributed by atoms with Crippen LogP contribution in [0.15, 0.2) is 0 Å². The SMILES string of the molecule is COCCN1CC[C@]2(COCCN(S(=O)(=O)C3CC3)C2)C1. The molecule has 21 heavy (non-hydrogen) atoms. The predicted molar refractivity (Wildman–Crippen MR) is 79.7 cm³/mol. The Balaban J connectivity index is 1.68. The van der Waals surface area contributed by atoms with Gasteiger partial charge >= 0.3 is 0 Å². The van der Waals surface area contributed by atoms with E-state index >= 15 is 0 Å². The number of nitrogens with zero attached hydrogens (tertiary/aromatic N) is 2. The molecule has 1 spiro atoms. The van der Waals surface area contributed by atoms with Crippen LogP contribution in [0.5, 0.6) is 0 Å². The van der Waals surface area contributed by atoms with E-state index in [9.17, 15) is 8.42 Å². The summed E-state index contributed by atoms with van der Waals surface area (Å²) in [5.74, 6) is 0. The van der Waals surface area contributed by atoms with Crippen molar-refractivity contribution >= 4 is 10.0 Å². The van der Waals surface area contributed by atoms with Crippen molar-refractivity contribution in [2.24, 2.45) is 5.41 Å². The maximum absolute atomic E-state index is 12.5. The van der Waals surface area contributed by atoms with Crippen molar-refractivity contribution in [1.82, 2.24) is 9.21 Å². The van der Waals surface area contributed by atoms with Gasteiger partial charge in [-0.2, -0.15) is 4.31 Å². The third kappa shape index (κ3) is 3.42. The number of ether oxygens (including phenoxy) is 2. The second-order valence-corrected chi connectivity index (χ2v) is 8.86. The van der Waals surface area contributed by atoms with Crippen molar-refractivity contribution in [3.63, 3.8) is 0 Å². The fraction of sp³-hybridized carbons (Fsp3) is 1.00. The largest absolute Gasteiger partial charge is 0.383 e. The Labute approximate surface area is 127 Å². The third-order valence-corrected chi connectivity index (χ3v) is 7.18. The molecule has 0 amide bonds. The summed E-state index contributed by atoms with van der Waals surface area (Å²) < 4.78 is 37.7. The number of likely N-dealkylation sites (tertiary alicyclic amines) is 1. The predicted octanol–water partition coefficient (Wildman–Crippen LogP) is 0.149. The summed E-state index contributed by atoms with van der Waals surface area (Å²) in [6.07, 6.45) is 2.66. The van der Waals surface area contributed by atoms with Gasteiger partial charge in [0.15, 0.2) is 0 Å². The van der Waals surface area contributed by atoms with Crippen LogP contribution in [0.3, 0.4) is 0 Å². The minimum atomic E-state index is -3.10. The molecule has 1 aliphatic carbocycles. The molecule has 2 saturated heterocycles. The quantitative estimate of drug-likeness (QED) is 0.722. The summed E-state index contributed by atoms with van der Waals surface area (Å²) in [6, 6.07) is 0. The molecule has 3 rings (SSSR count). The molecule has 0 aromatic carbocycles. The number of hydrogen-bond donors (Lipinski definition) is 0. The molecule has 122 valence electrons. The van der Waals surface area contributed by atoms with Gasteiger partial charge in [-0.25, -0.2) is 8.42 Å². The average Bonchev–Trinajstić information content (AvgIpc) is 3.25.